The van der Waals surface area contributed by atoms with Gasteiger partial charge in [-0.05, 0) is 37.8 Å². The van der Waals surface area contributed by atoms with Gasteiger partial charge in [0.15, 0.2) is 0 Å². The van der Waals surface area contributed by atoms with Crippen LogP contribution in [0.15, 0.2) is 24.3 Å². The maximum absolute atomic E-state index is 11.9. The minimum atomic E-state index is -0.242. The van der Waals surface area contributed by atoms with Crippen molar-refractivity contribution < 1.29 is 19.4 Å². The highest BCUT2D eigenvalue weighted by Crippen LogP contribution is 2.20. The van der Waals surface area contributed by atoms with Crippen LogP contribution in [0, 0.1) is 0 Å². The van der Waals surface area contributed by atoms with E-state index in [2.05, 4.69) is 10.6 Å². The quantitative estimate of drug-likeness (QED) is 0.750. The Morgan fingerprint density at radius 1 is 1.17 bits per heavy atom. The van der Waals surface area contributed by atoms with Gasteiger partial charge in [0.2, 0.25) is 11.8 Å². The number of carbonyl (C=O) groups is 2. The number of benzene rings is 1. The van der Waals surface area contributed by atoms with Gasteiger partial charge in [-0.25, -0.2) is 0 Å². The standard InChI is InChI=1S/C17H24N2O4/c1-23-15-7-5-12(6-8-15)18-16(21)9-10-17(22)19-13-3-2-4-14(20)11-13/h2-4,11-12,15,20H,5-10H2,1H3,(H,18,21)(H,19,22). The molecule has 0 spiro atoms. The molecule has 1 aliphatic carbocycles. The van der Waals surface area contributed by atoms with Crippen LogP contribution in [-0.4, -0.2) is 36.2 Å². The van der Waals surface area contributed by atoms with Gasteiger partial charge in [-0.15, -0.1) is 0 Å². The number of ether oxygens (including phenoxy) is 1. The number of methoxy groups -OCH3 is 1. The molecule has 6 heteroatoms. The predicted octanol–water partition coefficient (Wildman–Crippen LogP) is 2.18. The smallest absolute Gasteiger partial charge is 0.224 e. The van der Waals surface area contributed by atoms with Gasteiger partial charge in [0.25, 0.3) is 0 Å². The van der Waals surface area contributed by atoms with Crippen molar-refractivity contribution >= 4 is 17.5 Å². The van der Waals surface area contributed by atoms with Crippen LogP contribution in [0.5, 0.6) is 5.75 Å². The van der Waals surface area contributed by atoms with Gasteiger partial charge in [-0.3, -0.25) is 9.59 Å². The van der Waals surface area contributed by atoms with Crippen molar-refractivity contribution in [2.75, 3.05) is 12.4 Å². The molecule has 23 heavy (non-hydrogen) atoms. The molecule has 2 rings (SSSR count). The molecule has 0 atom stereocenters. The summed E-state index contributed by atoms with van der Waals surface area (Å²) in [7, 11) is 1.72. The molecule has 1 aromatic rings. The third kappa shape index (κ3) is 5.90. The fourth-order valence-electron chi connectivity index (χ4n) is 2.78. The topological polar surface area (TPSA) is 87.7 Å². The van der Waals surface area contributed by atoms with Crippen molar-refractivity contribution in [2.24, 2.45) is 0 Å². The number of hydrogen-bond donors (Lipinski definition) is 3. The predicted molar refractivity (Wildman–Crippen MR) is 87.2 cm³/mol. The fourth-order valence-corrected chi connectivity index (χ4v) is 2.78. The summed E-state index contributed by atoms with van der Waals surface area (Å²) in [5.41, 5.74) is 0.522. The van der Waals surface area contributed by atoms with E-state index in [0.717, 1.165) is 25.7 Å². The maximum Gasteiger partial charge on any atom is 0.224 e. The van der Waals surface area contributed by atoms with E-state index in [-0.39, 0.29) is 36.4 Å². The number of aromatic hydroxyl groups is 1. The van der Waals surface area contributed by atoms with Crippen LogP contribution in [0.1, 0.15) is 38.5 Å². The van der Waals surface area contributed by atoms with Gasteiger partial charge < -0.3 is 20.5 Å². The zero-order valence-corrected chi connectivity index (χ0v) is 13.4. The first kappa shape index (κ1) is 17.3. The largest absolute Gasteiger partial charge is 0.508 e. The number of phenolic OH excluding ortho intramolecular Hbond substituents is 1. The number of nitrogens with one attached hydrogen (secondary N) is 2. The van der Waals surface area contributed by atoms with Crippen LogP contribution in [-0.2, 0) is 14.3 Å². The second-order valence-corrected chi connectivity index (χ2v) is 5.88. The van der Waals surface area contributed by atoms with Crippen molar-refractivity contribution in [3.63, 3.8) is 0 Å². The molecular weight excluding hydrogens is 296 g/mol. The first-order valence-corrected chi connectivity index (χ1v) is 7.98. The van der Waals surface area contributed by atoms with Crippen molar-refractivity contribution in [1.29, 1.82) is 0 Å². The Morgan fingerprint density at radius 3 is 2.52 bits per heavy atom. The summed E-state index contributed by atoms with van der Waals surface area (Å²) in [6.45, 7) is 0. The Balaban J connectivity index is 1.67. The third-order valence-electron chi connectivity index (χ3n) is 4.08. The lowest BCUT2D eigenvalue weighted by molar-refractivity contribution is -0.125. The van der Waals surface area contributed by atoms with Gasteiger partial charge in [0.05, 0.1) is 6.10 Å². The minimum Gasteiger partial charge on any atom is -0.508 e. The highest BCUT2D eigenvalue weighted by atomic mass is 16.5. The zero-order chi connectivity index (χ0) is 16.7. The summed E-state index contributed by atoms with van der Waals surface area (Å²) in [6, 6.07) is 6.51. The van der Waals surface area contributed by atoms with Crippen molar-refractivity contribution in [3.05, 3.63) is 24.3 Å². The van der Waals surface area contributed by atoms with Crippen LogP contribution >= 0.6 is 0 Å². The average molecular weight is 320 g/mol. The van der Waals surface area contributed by atoms with E-state index in [1.807, 2.05) is 0 Å². The molecule has 0 saturated heterocycles. The number of carbonyl (C=O) groups excluding carboxylic acids is 2. The number of rotatable bonds is 6. The van der Waals surface area contributed by atoms with Gasteiger partial charge in [-0.2, -0.15) is 0 Å². The van der Waals surface area contributed by atoms with E-state index in [4.69, 9.17) is 4.74 Å². The Labute approximate surface area is 136 Å². The number of hydrogen-bond acceptors (Lipinski definition) is 4. The van der Waals surface area contributed by atoms with E-state index in [0.29, 0.717) is 11.8 Å². The molecule has 1 aliphatic rings. The van der Waals surface area contributed by atoms with Gasteiger partial charge in [0, 0.05) is 37.7 Å². The summed E-state index contributed by atoms with van der Waals surface area (Å²) >= 11 is 0. The van der Waals surface area contributed by atoms with Gasteiger partial charge >= 0.3 is 0 Å². The highest BCUT2D eigenvalue weighted by molar-refractivity contribution is 5.93. The van der Waals surface area contributed by atoms with E-state index in [9.17, 15) is 14.7 Å². The summed E-state index contributed by atoms with van der Waals surface area (Å²) < 4.78 is 5.30. The van der Waals surface area contributed by atoms with Crippen LogP contribution in [0.4, 0.5) is 5.69 Å². The Bertz CT molecular complexity index is 539. The molecule has 6 nitrogen and oxygen atoms in total. The summed E-state index contributed by atoms with van der Waals surface area (Å²) in [5.74, 6) is -0.252. The maximum atomic E-state index is 11.9. The van der Waals surface area contributed by atoms with E-state index >= 15 is 0 Å². The van der Waals surface area contributed by atoms with E-state index in [1.54, 1.807) is 19.2 Å². The molecule has 1 fully saturated rings. The molecule has 3 N–H and O–H groups in total. The molecule has 2 amide bonds. The first-order chi connectivity index (χ1) is 11.1. The molecule has 126 valence electrons. The lowest BCUT2D eigenvalue weighted by Gasteiger charge is -2.28. The van der Waals surface area contributed by atoms with Crippen molar-refractivity contribution in [1.82, 2.24) is 5.32 Å². The SMILES string of the molecule is COC1CCC(NC(=O)CCC(=O)Nc2cccc(O)c2)CC1. The Morgan fingerprint density at radius 2 is 1.87 bits per heavy atom. The van der Waals surface area contributed by atoms with Crippen LogP contribution in [0.25, 0.3) is 0 Å². The normalized spacial score (nSPS) is 20.7. The van der Waals surface area contributed by atoms with Crippen molar-refractivity contribution in [3.8, 4) is 5.75 Å². The summed E-state index contributed by atoms with van der Waals surface area (Å²) in [6.07, 6.45) is 4.33. The first-order valence-electron chi connectivity index (χ1n) is 7.98. The Hall–Kier alpha value is -2.08. The number of phenols is 1. The fraction of sp³-hybridized carbons (Fsp3) is 0.529. The molecule has 0 aromatic heterocycles. The van der Waals surface area contributed by atoms with Crippen LogP contribution in [0.3, 0.4) is 0 Å². The zero-order valence-electron chi connectivity index (χ0n) is 13.4. The van der Waals surface area contributed by atoms with Crippen LogP contribution in [0.2, 0.25) is 0 Å². The molecule has 0 radical (unpaired) electrons. The molecule has 0 aliphatic heterocycles. The molecule has 0 bridgehead atoms. The van der Waals surface area contributed by atoms with E-state index < -0.39 is 0 Å². The third-order valence-corrected chi connectivity index (χ3v) is 4.08. The van der Waals surface area contributed by atoms with Crippen LogP contribution < -0.4 is 10.6 Å². The molecule has 1 saturated carbocycles. The molecular formula is C17H24N2O4. The Kier molecular flexibility index (Phi) is 6.40. The second-order valence-electron chi connectivity index (χ2n) is 5.88. The minimum absolute atomic E-state index is 0.0900. The lowest BCUT2D eigenvalue weighted by atomic mass is 9.93. The van der Waals surface area contributed by atoms with Gasteiger partial charge in [-0.1, -0.05) is 6.07 Å². The number of amides is 2. The van der Waals surface area contributed by atoms with E-state index in [1.165, 1.54) is 12.1 Å². The average Bonchev–Trinajstić information content (AvgIpc) is 2.54. The summed E-state index contributed by atoms with van der Waals surface area (Å²) in [4.78, 5) is 23.7. The van der Waals surface area contributed by atoms with Crippen molar-refractivity contribution in [2.45, 2.75) is 50.7 Å². The lowest BCUT2D eigenvalue weighted by Crippen LogP contribution is -2.39. The molecule has 0 unspecified atom stereocenters. The highest BCUT2D eigenvalue weighted by Gasteiger charge is 2.22. The molecule has 0 heterocycles. The monoisotopic (exact) mass is 320 g/mol. The summed E-state index contributed by atoms with van der Waals surface area (Å²) in [5, 5.41) is 15.0. The second kappa shape index (κ2) is 8.53. The number of anilines is 1. The molecule has 1 aromatic carbocycles. The van der Waals surface area contributed by atoms with Gasteiger partial charge in [0.1, 0.15) is 5.75 Å².